The van der Waals surface area contributed by atoms with E-state index in [0.29, 0.717) is 6.04 Å². The lowest BCUT2D eigenvalue weighted by atomic mass is 10.1. The molecule has 0 amide bonds. The summed E-state index contributed by atoms with van der Waals surface area (Å²) in [6.45, 7) is 6.72. The van der Waals surface area contributed by atoms with Gasteiger partial charge in [0, 0.05) is 36.7 Å². The number of nitrogens with one attached hydrogen (secondary N) is 1. The van der Waals surface area contributed by atoms with Gasteiger partial charge in [0.25, 0.3) is 0 Å². The van der Waals surface area contributed by atoms with E-state index in [-0.39, 0.29) is 0 Å². The second-order valence-electron chi connectivity index (χ2n) is 4.33. The maximum absolute atomic E-state index is 3.62. The monoisotopic (exact) mass is 282 g/mol. The summed E-state index contributed by atoms with van der Waals surface area (Å²) in [6.07, 6.45) is 1.22. The van der Waals surface area contributed by atoms with Gasteiger partial charge in [-0.25, -0.2) is 0 Å². The Morgan fingerprint density at radius 1 is 1.44 bits per heavy atom. The Morgan fingerprint density at radius 3 is 3.00 bits per heavy atom. The van der Waals surface area contributed by atoms with Crippen LogP contribution in [0.25, 0.3) is 0 Å². The van der Waals surface area contributed by atoms with E-state index in [1.165, 1.54) is 16.5 Å². The molecule has 0 bridgehead atoms. The third kappa shape index (κ3) is 2.84. The van der Waals surface area contributed by atoms with E-state index in [2.05, 4.69) is 57.3 Å². The zero-order valence-corrected chi connectivity index (χ0v) is 11.3. The van der Waals surface area contributed by atoms with Gasteiger partial charge in [-0.3, -0.25) is 4.90 Å². The van der Waals surface area contributed by atoms with Gasteiger partial charge < -0.3 is 5.32 Å². The molecule has 0 spiro atoms. The summed E-state index contributed by atoms with van der Waals surface area (Å²) < 4.78 is 1.23. The first-order valence-corrected chi connectivity index (χ1v) is 6.78. The lowest BCUT2D eigenvalue weighted by Crippen LogP contribution is -2.50. The van der Waals surface area contributed by atoms with Crippen LogP contribution in [0.5, 0.6) is 0 Å². The van der Waals surface area contributed by atoms with Crippen molar-refractivity contribution in [3.05, 3.63) is 34.3 Å². The Balaban J connectivity index is 2.05. The molecule has 1 aliphatic heterocycles. The van der Waals surface area contributed by atoms with Crippen molar-refractivity contribution in [1.82, 2.24) is 10.2 Å². The largest absolute Gasteiger partial charge is 0.314 e. The molecule has 0 aromatic heterocycles. The molecule has 2 rings (SSSR count). The second-order valence-corrected chi connectivity index (χ2v) is 5.18. The van der Waals surface area contributed by atoms with Crippen LogP contribution in [-0.4, -0.2) is 30.6 Å². The third-order valence-electron chi connectivity index (χ3n) is 3.27. The molecule has 1 heterocycles. The third-order valence-corrected chi connectivity index (χ3v) is 4.05. The van der Waals surface area contributed by atoms with Gasteiger partial charge in [0.1, 0.15) is 0 Å². The van der Waals surface area contributed by atoms with Gasteiger partial charge in [-0.1, -0.05) is 41.1 Å². The smallest absolute Gasteiger partial charge is 0.0248 e. The molecule has 1 aliphatic rings. The standard InChI is InChI=1S/C13H19BrN2/c1-2-12-9-15-7-8-16(12)10-11-5-3-4-6-13(11)14/h3-6,12,15H,2,7-10H2,1H3. The first-order chi connectivity index (χ1) is 7.81. The first kappa shape index (κ1) is 12.1. The van der Waals surface area contributed by atoms with Crippen molar-refractivity contribution in [2.45, 2.75) is 25.9 Å². The Morgan fingerprint density at radius 2 is 2.25 bits per heavy atom. The number of hydrogen-bond acceptors (Lipinski definition) is 2. The summed E-state index contributed by atoms with van der Waals surface area (Å²) in [5.41, 5.74) is 1.39. The highest BCUT2D eigenvalue weighted by atomic mass is 79.9. The van der Waals surface area contributed by atoms with Crippen molar-refractivity contribution >= 4 is 15.9 Å². The van der Waals surface area contributed by atoms with Crippen molar-refractivity contribution in [3.8, 4) is 0 Å². The van der Waals surface area contributed by atoms with Crippen molar-refractivity contribution in [3.63, 3.8) is 0 Å². The first-order valence-electron chi connectivity index (χ1n) is 5.99. The van der Waals surface area contributed by atoms with Crippen LogP contribution in [0, 0.1) is 0 Å². The zero-order chi connectivity index (χ0) is 11.4. The Bertz CT molecular complexity index is 340. The molecule has 1 fully saturated rings. The van der Waals surface area contributed by atoms with E-state index in [4.69, 9.17) is 0 Å². The molecule has 1 N–H and O–H groups in total. The van der Waals surface area contributed by atoms with Gasteiger partial charge in [0.15, 0.2) is 0 Å². The van der Waals surface area contributed by atoms with Crippen molar-refractivity contribution in [1.29, 1.82) is 0 Å². The maximum atomic E-state index is 3.62. The molecule has 1 unspecified atom stereocenters. The highest BCUT2D eigenvalue weighted by molar-refractivity contribution is 9.10. The normalized spacial score (nSPS) is 22.2. The van der Waals surface area contributed by atoms with Gasteiger partial charge in [-0.2, -0.15) is 0 Å². The maximum Gasteiger partial charge on any atom is 0.0248 e. The van der Waals surface area contributed by atoms with E-state index in [1.54, 1.807) is 0 Å². The Hall–Kier alpha value is -0.380. The summed E-state index contributed by atoms with van der Waals surface area (Å²) in [7, 11) is 0. The van der Waals surface area contributed by atoms with Crippen molar-refractivity contribution in [2.75, 3.05) is 19.6 Å². The molecule has 16 heavy (non-hydrogen) atoms. The van der Waals surface area contributed by atoms with Crippen LogP contribution >= 0.6 is 15.9 Å². The van der Waals surface area contributed by atoms with E-state index in [0.717, 1.165) is 26.2 Å². The number of piperazine rings is 1. The topological polar surface area (TPSA) is 15.3 Å². The van der Waals surface area contributed by atoms with Crippen LogP contribution in [-0.2, 0) is 6.54 Å². The van der Waals surface area contributed by atoms with Crippen LogP contribution < -0.4 is 5.32 Å². The van der Waals surface area contributed by atoms with Gasteiger partial charge in [0.2, 0.25) is 0 Å². The Labute approximate surface area is 106 Å². The van der Waals surface area contributed by atoms with E-state index in [9.17, 15) is 0 Å². The van der Waals surface area contributed by atoms with Gasteiger partial charge in [0.05, 0.1) is 0 Å². The lowest BCUT2D eigenvalue weighted by Gasteiger charge is -2.35. The molecule has 3 heteroatoms. The molecule has 1 atom stereocenters. The molecule has 1 aromatic carbocycles. The summed E-state index contributed by atoms with van der Waals surface area (Å²) >= 11 is 3.62. The summed E-state index contributed by atoms with van der Waals surface area (Å²) in [5.74, 6) is 0. The summed E-state index contributed by atoms with van der Waals surface area (Å²) in [5, 5.41) is 3.46. The van der Waals surface area contributed by atoms with Crippen molar-refractivity contribution in [2.24, 2.45) is 0 Å². The van der Waals surface area contributed by atoms with E-state index < -0.39 is 0 Å². The number of benzene rings is 1. The Kier molecular flexibility index (Phi) is 4.38. The molecule has 0 saturated carbocycles. The summed E-state index contributed by atoms with van der Waals surface area (Å²) in [4.78, 5) is 2.58. The fraction of sp³-hybridized carbons (Fsp3) is 0.538. The van der Waals surface area contributed by atoms with Crippen LogP contribution in [0.4, 0.5) is 0 Å². The molecule has 88 valence electrons. The number of halogens is 1. The molecule has 0 aliphatic carbocycles. The molecule has 1 saturated heterocycles. The van der Waals surface area contributed by atoms with E-state index >= 15 is 0 Å². The number of hydrogen-bond donors (Lipinski definition) is 1. The molecular formula is C13H19BrN2. The fourth-order valence-corrected chi connectivity index (χ4v) is 2.67. The van der Waals surface area contributed by atoms with Gasteiger partial charge in [-0.15, -0.1) is 0 Å². The molecular weight excluding hydrogens is 264 g/mol. The van der Waals surface area contributed by atoms with Crippen LogP contribution in [0.2, 0.25) is 0 Å². The minimum absolute atomic E-state index is 0.681. The average molecular weight is 283 g/mol. The summed E-state index contributed by atoms with van der Waals surface area (Å²) in [6, 6.07) is 9.20. The van der Waals surface area contributed by atoms with E-state index in [1.807, 2.05) is 0 Å². The minimum atomic E-state index is 0.681. The van der Waals surface area contributed by atoms with Gasteiger partial charge in [-0.05, 0) is 18.1 Å². The molecule has 0 radical (unpaired) electrons. The molecule has 1 aromatic rings. The SMILES string of the molecule is CCC1CNCCN1Cc1ccccc1Br. The van der Waals surface area contributed by atoms with Crippen LogP contribution in [0.3, 0.4) is 0 Å². The van der Waals surface area contributed by atoms with Crippen molar-refractivity contribution < 1.29 is 0 Å². The fourth-order valence-electron chi connectivity index (χ4n) is 2.26. The highest BCUT2D eigenvalue weighted by Gasteiger charge is 2.20. The van der Waals surface area contributed by atoms with Crippen LogP contribution in [0.1, 0.15) is 18.9 Å². The highest BCUT2D eigenvalue weighted by Crippen LogP contribution is 2.20. The second kappa shape index (κ2) is 5.80. The van der Waals surface area contributed by atoms with Gasteiger partial charge >= 0.3 is 0 Å². The predicted molar refractivity (Wildman–Crippen MR) is 71.5 cm³/mol. The number of nitrogens with zero attached hydrogens (tertiary/aromatic N) is 1. The number of rotatable bonds is 3. The minimum Gasteiger partial charge on any atom is -0.314 e. The van der Waals surface area contributed by atoms with Crippen LogP contribution in [0.15, 0.2) is 28.7 Å². The average Bonchev–Trinajstić information content (AvgIpc) is 2.33. The quantitative estimate of drug-likeness (QED) is 0.917. The zero-order valence-electron chi connectivity index (χ0n) is 9.75. The molecule has 2 nitrogen and oxygen atoms in total. The predicted octanol–water partition coefficient (Wildman–Crippen LogP) is 2.63. The lowest BCUT2D eigenvalue weighted by molar-refractivity contribution is 0.149.